The van der Waals surface area contributed by atoms with E-state index in [-0.39, 0.29) is 0 Å². The van der Waals surface area contributed by atoms with Crippen molar-refractivity contribution in [3.63, 3.8) is 0 Å². The van der Waals surface area contributed by atoms with Gasteiger partial charge in [0.25, 0.3) is 0 Å². The van der Waals surface area contributed by atoms with E-state index in [1.54, 1.807) is 7.11 Å². The molecule has 4 heteroatoms. The van der Waals surface area contributed by atoms with Gasteiger partial charge in [0.2, 0.25) is 0 Å². The number of likely N-dealkylation sites (tertiary alicyclic amines) is 1. The molecule has 1 fully saturated rings. The van der Waals surface area contributed by atoms with Gasteiger partial charge in [0.05, 0.1) is 12.8 Å². The minimum absolute atomic E-state index is 0.655. The number of methoxy groups -OCH3 is 1. The van der Waals surface area contributed by atoms with Crippen LogP contribution in [0.15, 0.2) is 41.6 Å². The van der Waals surface area contributed by atoms with Gasteiger partial charge in [-0.15, -0.1) is 0 Å². The van der Waals surface area contributed by atoms with Gasteiger partial charge < -0.3 is 9.57 Å². The molecule has 0 spiro atoms. The highest BCUT2D eigenvalue weighted by molar-refractivity contribution is 6.01. The number of rotatable bonds is 6. The number of ether oxygens (including phenoxy) is 1. The third kappa shape index (κ3) is 4.26. The molecule has 0 aliphatic carbocycles. The van der Waals surface area contributed by atoms with Crippen LogP contribution in [0.1, 0.15) is 31.7 Å². The molecule has 0 atom stereocenters. The van der Waals surface area contributed by atoms with E-state index in [1.165, 1.54) is 37.7 Å². The van der Waals surface area contributed by atoms with Gasteiger partial charge in [0.15, 0.2) is 0 Å². The van der Waals surface area contributed by atoms with E-state index in [0.717, 1.165) is 29.0 Å². The van der Waals surface area contributed by atoms with Gasteiger partial charge >= 0.3 is 0 Å². The normalized spacial score (nSPS) is 16.3. The Bertz CT molecular complexity index is 706. The topological polar surface area (TPSA) is 34.1 Å². The van der Waals surface area contributed by atoms with Crippen LogP contribution in [0.4, 0.5) is 0 Å². The molecule has 0 N–H and O–H groups in total. The zero-order valence-corrected chi connectivity index (χ0v) is 14.6. The first-order valence-corrected chi connectivity index (χ1v) is 8.73. The minimum atomic E-state index is 0.655. The van der Waals surface area contributed by atoms with Crippen molar-refractivity contribution >= 4 is 16.5 Å². The monoisotopic (exact) mass is 326 g/mol. The molecule has 128 valence electrons. The van der Waals surface area contributed by atoms with Crippen molar-refractivity contribution in [3.05, 3.63) is 42.0 Å². The van der Waals surface area contributed by atoms with Crippen LogP contribution in [0.3, 0.4) is 0 Å². The number of piperidine rings is 1. The summed E-state index contributed by atoms with van der Waals surface area (Å²) in [6.45, 7) is 6.00. The highest BCUT2D eigenvalue weighted by Gasteiger charge is 2.09. The Kier molecular flexibility index (Phi) is 5.70. The molecule has 24 heavy (non-hydrogen) atoms. The summed E-state index contributed by atoms with van der Waals surface area (Å²) in [6.07, 6.45) is 3.98. The van der Waals surface area contributed by atoms with Crippen molar-refractivity contribution in [2.45, 2.75) is 26.2 Å². The predicted molar refractivity (Wildman–Crippen MR) is 99.0 cm³/mol. The Balaban J connectivity index is 1.59. The molecule has 2 aromatic rings. The molecular formula is C20H26N2O2. The Hall–Kier alpha value is -2.07. The first-order valence-electron chi connectivity index (χ1n) is 8.73. The van der Waals surface area contributed by atoms with Crippen LogP contribution in [-0.2, 0) is 4.84 Å². The molecule has 0 saturated carbocycles. The van der Waals surface area contributed by atoms with Crippen molar-refractivity contribution in [1.82, 2.24) is 4.90 Å². The van der Waals surface area contributed by atoms with Gasteiger partial charge in [0.1, 0.15) is 12.4 Å². The molecule has 1 saturated heterocycles. The molecule has 0 aromatic heterocycles. The fourth-order valence-electron chi connectivity index (χ4n) is 3.12. The van der Waals surface area contributed by atoms with Crippen molar-refractivity contribution in [3.8, 4) is 5.75 Å². The molecule has 0 bridgehead atoms. The Morgan fingerprint density at radius 2 is 1.79 bits per heavy atom. The lowest BCUT2D eigenvalue weighted by Crippen LogP contribution is -2.32. The lowest BCUT2D eigenvalue weighted by Gasteiger charge is -2.25. The zero-order valence-electron chi connectivity index (χ0n) is 14.6. The molecule has 1 aliphatic rings. The number of hydrogen-bond acceptors (Lipinski definition) is 4. The van der Waals surface area contributed by atoms with Gasteiger partial charge in [-0.3, -0.25) is 4.90 Å². The second-order valence-electron chi connectivity index (χ2n) is 6.34. The highest BCUT2D eigenvalue weighted by Crippen LogP contribution is 2.22. The van der Waals surface area contributed by atoms with E-state index in [1.807, 2.05) is 19.1 Å². The van der Waals surface area contributed by atoms with Crippen LogP contribution < -0.4 is 4.74 Å². The van der Waals surface area contributed by atoms with E-state index in [9.17, 15) is 0 Å². The average Bonchev–Trinajstić information content (AvgIpc) is 2.65. The van der Waals surface area contributed by atoms with Gasteiger partial charge in [0, 0.05) is 6.54 Å². The van der Waals surface area contributed by atoms with Gasteiger partial charge in [-0.2, -0.15) is 0 Å². The van der Waals surface area contributed by atoms with Crippen molar-refractivity contribution in [1.29, 1.82) is 0 Å². The quantitative estimate of drug-likeness (QED) is 0.456. The van der Waals surface area contributed by atoms with Crippen LogP contribution in [0.2, 0.25) is 0 Å². The predicted octanol–water partition coefficient (Wildman–Crippen LogP) is 4.07. The van der Waals surface area contributed by atoms with Crippen LogP contribution in [-0.4, -0.2) is 44.0 Å². The lowest BCUT2D eigenvalue weighted by molar-refractivity contribution is 0.102. The third-order valence-electron chi connectivity index (χ3n) is 4.61. The van der Waals surface area contributed by atoms with Crippen molar-refractivity contribution < 1.29 is 9.57 Å². The summed E-state index contributed by atoms with van der Waals surface area (Å²) < 4.78 is 5.27. The standard InChI is InChI=1S/C20H26N2O2/c1-16(21-24-13-12-22-10-4-3-5-11-22)17-6-7-19-15-20(23-2)9-8-18(19)14-17/h6-9,14-15H,3-5,10-13H2,1-2H3/b21-16+. The van der Waals surface area contributed by atoms with E-state index in [0.29, 0.717) is 6.61 Å². The molecule has 1 heterocycles. The number of hydrogen-bond donors (Lipinski definition) is 0. The van der Waals surface area contributed by atoms with Crippen LogP contribution in [0.25, 0.3) is 10.8 Å². The summed E-state index contributed by atoms with van der Waals surface area (Å²) in [5.74, 6) is 0.877. The third-order valence-corrected chi connectivity index (χ3v) is 4.61. The van der Waals surface area contributed by atoms with Gasteiger partial charge in [-0.1, -0.05) is 29.8 Å². The van der Waals surface area contributed by atoms with E-state index in [2.05, 4.69) is 34.3 Å². The number of benzene rings is 2. The molecule has 1 aliphatic heterocycles. The Labute approximate surface area is 144 Å². The SMILES string of the molecule is COc1ccc2cc(/C(C)=N/OCCN3CCCCC3)ccc2c1. The Morgan fingerprint density at radius 1 is 1.04 bits per heavy atom. The van der Waals surface area contributed by atoms with Crippen molar-refractivity contribution in [2.75, 3.05) is 33.4 Å². The summed E-state index contributed by atoms with van der Waals surface area (Å²) in [5.41, 5.74) is 2.00. The largest absolute Gasteiger partial charge is 0.497 e. The van der Waals surface area contributed by atoms with Crippen LogP contribution in [0, 0.1) is 0 Å². The first-order chi connectivity index (χ1) is 11.8. The lowest BCUT2D eigenvalue weighted by atomic mass is 10.0. The zero-order chi connectivity index (χ0) is 16.8. The molecule has 2 aromatic carbocycles. The smallest absolute Gasteiger partial charge is 0.129 e. The summed E-state index contributed by atoms with van der Waals surface area (Å²) in [7, 11) is 1.69. The summed E-state index contributed by atoms with van der Waals surface area (Å²) >= 11 is 0. The summed E-state index contributed by atoms with van der Waals surface area (Å²) in [6, 6.07) is 12.4. The molecule has 0 radical (unpaired) electrons. The average molecular weight is 326 g/mol. The number of oxime groups is 1. The summed E-state index contributed by atoms with van der Waals surface area (Å²) in [4.78, 5) is 7.98. The maximum Gasteiger partial charge on any atom is 0.129 e. The summed E-state index contributed by atoms with van der Waals surface area (Å²) in [5, 5.41) is 6.63. The molecule has 4 nitrogen and oxygen atoms in total. The molecule has 0 amide bonds. The Morgan fingerprint density at radius 3 is 2.58 bits per heavy atom. The van der Waals surface area contributed by atoms with E-state index in [4.69, 9.17) is 9.57 Å². The number of nitrogens with zero attached hydrogens (tertiary/aromatic N) is 2. The maximum atomic E-state index is 5.53. The van der Waals surface area contributed by atoms with Crippen LogP contribution in [0.5, 0.6) is 5.75 Å². The first kappa shape index (κ1) is 16.8. The maximum absolute atomic E-state index is 5.53. The number of fused-ring (bicyclic) bond motifs is 1. The van der Waals surface area contributed by atoms with Crippen molar-refractivity contribution in [2.24, 2.45) is 5.16 Å². The highest BCUT2D eigenvalue weighted by atomic mass is 16.6. The second-order valence-corrected chi connectivity index (χ2v) is 6.34. The van der Waals surface area contributed by atoms with E-state index >= 15 is 0 Å². The second kappa shape index (κ2) is 8.15. The van der Waals surface area contributed by atoms with Crippen LogP contribution >= 0.6 is 0 Å². The minimum Gasteiger partial charge on any atom is -0.497 e. The fourth-order valence-corrected chi connectivity index (χ4v) is 3.12. The molecule has 3 rings (SSSR count). The van der Waals surface area contributed by atoms with Gasteiger partial charge in [-0.25, -0.2) is 0 Å². The molecular weight excluding hydrogens is 300 g/mol. The molecule has 0 unspecified atom stereocenters. The van der Waals surface area contributed by atoms with E-state index < -0.39 is 0 Å². The van der Waals surface area contributed by atoms with Gasteiger partial charge in [-0.05, 0) is 67.4 Å². The fraction of sp³-hybridized carbons (Fsp3) is 0.450.